The number of hydrogen-bond donors (Lipinski definition) is 0. The summed E-state index contributed by atoms with van der Waals surface area (Å²) in [4.78, 5) is 13.5. The quantitative estimate of drug-likeness (QED) is 0.506. The third-order valence-electron chi connectivity index (χ3n) is 2.37. The fraction of sp³-hybridized carbons (Fsp3) is 0.727. The average molecular weight is 197 g/mol. The van der Waals surface area contributed by atoms with Gasteiger partial charge in [-0.2, -0.15) is 0 Å². The second-order valence-corrected chi connectivity index (χ2v) is 4.00. The van der Waals surface area contributed by atoms with Gasteiger partial charge < -0.3 is 4.74 Å². The molecule has 1 heterocycles. The van der Waals surface area contributed by atoms with Gasteiger partial charge in [-0.25, -0.2) is 4.79 Å². The van der Waals surface area contributed by atoms with Crippen LogP contribution < -0.4 is 0 Å². The van der Waals surface area contributed by atoms with Gasteiger partial charge in [0.1, 0.15) is 6.10 Å². The minimum Gasteiger partial charge on any atom is -0.458 e. The monoisotopic (exact) mass is 197 g/mol. The Hall–Kier alpha value is -0.830. The standard InChI is InChI=1S/C11H19NO2/c1-9(2)11(13)14-10(3)8-12-6-4-5-7-12/h10H,1,4-8H2,2-3H3. The zero-order chi connectivity index (χ0) is 10.6. The predicted octanol–water partition coefficient (Wildman–Crippen LogP) is 1.59. The van der Waals surface area contributed by atoms with Crippen LogP contribution in [-0.2, 0) is 9.53 Å². The van der Waals surface area contributed by atoms with Gasteiger partial charge in [-0.05, 0) is 39.8 Å². The summed E-state index contributed by atoms with van der Waals surface area (Å²) in [6.07, 6.45) is 2.50. The molecule has 0 aliphatic carbocycles. The molecule has 80 valence electrons. The van der Waals surface area contributed by atoms with E-state index in [1.165, 1.54) is 12.8 Å². The summed E-state index contributed by atoms with van der Waals surface area (Å²) in [5.74, 6) is -0.281. The molecule has 14 heavy (non-hydrogen) atoms. The lowest BCUT2D eigenvalue weighted by Crippen LogP contribution is -2.31. The lowest BCUT2D eigenvalue weighted by atomic mass is 10.3. The molecule has 0 bridgehead atoms. The normalized spacial score (nSPS) is 19.3. The fourth-order valence-electron chi connectivity index (χ4n) is 1.65. The predicted molar refractivity (Wildman–Crippen MR) is 56.0 cm³/mol. The minimum atomic E-state index is -0.281. The highest BCUT2D eigenvalue weighted by Gasteiger charge is 2.17. The van der Waals surface area contributed by atoms with Gasteiger partial charge in [0.05, 0.1) is 0 Å². The Kier molecular flexibility index (Phi) is 4.14. The van der Waals surface area contributed by atoms with Crippen molar-refractivity contribution in [2.24, 2.45) is 0 Å². The summed E-state index contributed by atoms with van der Waals surface area (Å²) in [6.45, 7) is 10.3. The van der Waals surface area contributed by atoms with E-state index in [4.69, 9.17) is 4.74 Å². The topological polar surface area (TPSA) is 29.5 Å². The highest BCUT2D eigenvalue weighted by molar-refractivity contribution is 5.87. The molecule has 1 rings (SSSR count). The summed E-state index contributed by atoms with van der Waals surface area (Å²) in [7, 11) is 0. The van der Waals surface area contributed by atoms with E-state index >= 15 is 0 Å². The SMILES string of the molecule is C=C(C)C(=O)OC(C)CN1CCCC1. The molecule has 1 aliphatic rings. The molecule has 0 aromatic rings. The van der Waals surface area contributed by atoms with Gasteiger partial charge >= 0.3 is 5.97 Å². The molecule has 1 aliphatic heterocycles. The second kappa shape index (κ2) is 5.15. The van der Waals surface area contributed by atoms with Gasteiger partial charge in [0.25, 0.3) is 0 Å². The summed E-state index contributed by atoms with van der Waals surface area (Å²) in [5, 5.41) is 0. The molecule has 0 saturated carbocycles. The Morgan fingerprint density at radius 3 is 2.57 bits per heavy atom. The van der Waals surface area contributed by atoms with Crippen LogP contribution in [-0.4, -0.2) is 36.6 Å². The van der Waals surface area contributed by atoms with Crippen molar-refractivity contribution in [3.63, 3.8) is 0 Å². The molecule has 0 radical (unpaired) electrons. The summed E-state index contributed by atoms with van der Waals surface area (Å²) < 4.78 is 5.19. The van der Waals surface area contributed by atoms with E-state index in [0.29, 0.717) is 5.57 Å². The Labute approximate surface area is 85.7 Å². The summed E-state index contributed by atoms with van der Waals surface area (Å²) >= 11 is 0. The zero-order valence-corrected chi connectivity index (χ0v) is 9.08. The number of carbonyl (C=O) groups is 1. The third kappa shape index (κ3) is 3.50. The van der Waals surface area contributed by atoms with Crippen molar-refractivity contribution >= 4 is 5.97 Å². The van der Waals surface area contributed by atoms with Crippen LogP contribution in [0.4, 0.5) is 0 Å². The number of nitrogens with zero attached hydrogens (tertiary/aromatic N) is 1. The first-order valence-corrected chi connectivity index (χ1v) is 5.18. The Bertz CT molecular complexity index is 219. The van der Waals surface area contributed by atoms with Crippen LogP contribution in [0.25, 0.3) is 0 Å². The van der Waals surface area contributed by atoms with E-state index in [1.807, 2.05) is 6.92 Å². The van der Waals surface area contributed by atoms with Gasteiger partial charge in [0.15, 0.2) is 0 Å². The molecule has 1 unspecified atom stereocenters. The van der Waals surface area contributed by atoms with Crippen LogP contribution in [0.3, 0.4) is 0 Å². The van der Waals surface area contributed by atoms with Crippen LogP contribution in [0.2, 0.25) is 0 Å². The molecule has 1 saturated heterocycles. The second-order valence-electron chi connectivity index (χ2n) is 4.00. The van der Waals surface area contributed by atoms with Crippen molar-refractivity contribution in [3.05, 3.63) is 12.2 Å². The first kappa shape index (κ1) is 11.2. The molecule has 0 amide bonds. The van der Waals surface area contributed by atoms with Gasteiger partial charge in [0, 0.05) is 12.1 Å². The highest BCUT2D eigenvalue weighted by Crippen LogP contribution is 2.09. The van der Waals surface area contributed by atoms with Crippen LogP contribution in [0.15, 0.2) is 12.2 Å². The molecular formula is C11H19NO2. The fourth-order valence-corrected chi connectivity index (χ4v) is 1.65. The van der Waals surface area contributed by atoms with Gasteiger partial charge in [0.2, 0.25) is 0 Å². The average Bonchev–Trinajstić information content (AvgIpc) is 2.56. The van der Waals surface area contributed by atoms with E-state index in [1.54, 1.807) is 6.92 Å². The van der Waals surface area contributed by atoms with Crippen molar-refractivity contribution < 1.29 is 9.53 Å². The number of rotatable bonds is 4. The van der Waals surface area contributed by atoms with Crippen molar-refractivity contribution in [1.82, 2.24) is 4.90 Å². The summed E-state index contributed by atoms with van der Waals surface area (Å²) in [6, 6.07) is 0. The number of ether oxygens (including phenoxy) is 1. The smallest absolute Gasteiger partial charge is 0.333 e. The minimum absolute atomic E-state index is 0.0303. The molecular weight excluding hydrogens is 178 g/mol. The lowest BCUT2D eigenvalue weighted by molar-refractivity contribution is -0.144. The van der Waals surface area contributed by atoms with Crippen molar-refractivity contribution in [1.29, 1.82) is 0 Å². The zero-order valence-electron chi connectivity index (χ0n) is 9.08. The molecule has 1 fully saturated rings. The van der Waals surface area contributed by atoms with Gasteiger partial charge in [-0.1, -0.05) is 6.58 Å². The van der Waals surface area contributed by atoms with Crippen LogP contribution >= 0.6 is 0 Å². The van der Waals surface area contributed by atoms with Crippen molar-refractivity contribution in [2.75, 3.05) is 19.6 Å². The first-order valence-electron chi connectivity index (χ1n) is 5.18. The van der Waals surface area contributed by atoms with Crippen LogP contribution in [0, 0.1) is 0 Å². The molecule has 0 aromatic carbocycles. The van der Waals surface area contributed by atoms with E-state index < -0.39 is 0 Å². The number of carbonyl (C=O) groups excluding carboxylic acids is 1. The third-order valence-corrected chi connectivity index (χ3v) is 2.37. The molecule has 0 N–H and O–H groups in total. The Morgan fingerprint density at radius 2 is 2.07 bits per heavy atom. The molecule has 0 aromatic heterocycles. The van der Waals surface area contributed by atoms with E-state index in [-0.39, 0.29) is 12.1 Å². The van der Waals surface area contributed by atoms with E-state index in [9.17, 15) is 4.79 Å². The molecule has 3 nitrogen and oxygen atoms in total. The maximum atomic E-state index is 11.2. The van der Waals surface area contributed by atoms with Crippen molar-refractivity contribution in [2.45, 2.75) is 32.8 Å². The largest absolute Gasteiger partial charge is 0.458 e. The lowest BCUT2D eigenvalue weighted by Gasteiger charge is -2.20. The van der Waals surface area contributed by atoms with Gasteiger partial charge in [-0.3, -0.25) is 4.90 Å². The first-order chi connectivity index (χ1) is 6.59. The molecule has 0 spiro atoms. The van der Waals surface area contributed by atoms with E-state index in [0.717, 1.165) is 19.6 Å². The molecule has 1 atom stereocenters. The highest BCUT2D eigenvalue weighted by atomic mass is 16.5. The number of likely N-dealkylation sites (tertiary alicyclic amines) is 1. The van der Waals surface area contributed by atoms with Crippen molar-refractivity contribution in [3.8, 4) is 0 Å². The maximum absolute atomic E-state index is 11.2. The number of hydrogen-bond acceptors (Lipinski definition) is 3. The summed E-state index contributed by atoms with van der Waals surface area (Å²) in [5.41, 5.74) is 0.471. The Balaban J connectivity index is 2.24. The van der Waals surface area contributed by atoms with E-state index in [2.05, 4.69) is 11.5 Å². The van der Waals surface area contributed by atoms with Crippen LogP contribution in [0.5, 0.6) is 0 Å². The van der Waals surface area contributed by atoms with Gasteiger partial charge in [-0.15, -0.1) is 0 Å². The van der Waals surface area contributed by atoms with Crippen LogP contribution in [0.1, 0.15) is 26.7 Å². The molecule has 3 heteroatoms. The maximum Gasteiger partial charge on any atom is 0.333 e. The Morgan fingerprint density at radius 1 is 1.50 bits per heavy atom. The number of esters is 1.